The van der Waals surface area contributed by atoms with E-state index in [2.05, 4.69) is 10.2 Å². The lowest BCUT2D eigenvalue weighted by Gasteiger charge is -2.18. The van der Waals surface area contributed by atoms with Crippen LogP contribution in [0, 0.1) is 5.92 Å². The van der Waals surface area contributed by atoms with Gasteiger partial charge in [-0.1, -0.05) is 38.5 Å². The number of likely N-dealkylation sites (tertiary alicyclic amines) is 1. The normalized spacial score (nSPS) is 16.8. The summed E-state index contributed by atoms with van der Waals surface area (Å²) in [5.41, 5.74) is 0. The SMILES string of the molecule is CN(C)CCCN1CC(C(=O)NCCCCCCCCCCC(=O)O)CC1=O. The summed E-state index contributed by atoms with van der Waals surface area (Å²) in [6.45, 7) is 2.92. The van der Waals surface area contributed by atoms with Crippen LogP contribution in [-0.2, 0) is 14.4 Å². The van der Waals surface area contributed by atoms with Crippen molar-refractivity contribution in [2.24, 2.45) is 5.92 Å². The highest BCUT2D eigenvalue weighted by atomic mass is 16.4. The molecular formula is C21H39N3O4. The molecule has 0 aromatic rings. The molecule has 0 aromatic carbocycles. The van der Waals surface area contributed by atoms with Crippen molar-refractivity contribution in [2.75, 3.05) is 40.3 Å². The number of carbonyl (C=O) groups is 3. The maximum atomic E-state index is 12.3. The van der Waals surface area contributed by atoms with E-state index >= 15 is 0 Å². The number of carboxylic acids is 1. The Morgan fingerprint density at radius 2 is 1.64 bits per heavy atom. The van der Waals surface area contributed by atoms with Crippen molar-refractivity contribution in [2.45, 2.75) is 70.6 Å². The second-order valence-corrected chi connectivity index (χ2v) is 8.16. The summed E-state index contributed by atoms with van der Waals surface area (Å²) >= 11 is 0. The standard InChI is InChI=1S/C21H39N3O4/c1-23(2)14-11-15-24-17-18(16-19(24)25)21(28)22-13-10-8-6-4-3-5-7-9-12-20(26)27/h18H,3-17H2,1-2H3,(H,22,28)(H,26,27). The summed E-state index contributed by atoms with van der Waals surface area (Å²) in [6, 6.07) is 0. The smallest absolute Gasteiger partial charge is 0.303 e. The Kier molecular flexibility index (Phi) is 12.5. The first-order valence-electron chi connectivity index (χ1n) is 10.8. The third-order valence-electron chi connectivity index (χ3n) is 5.24. The Hall–Kier alpha value is -1.63. The Labute approximate surface area is 169 Å². The van der Waals surface area contributed by atoms with Gasteiger partial charge in [-0.2, -0.15) is 0 Å². The number of hydrogen-bond donors (Lipinski definition) is 2. The Balaban J connectivity index is 1.99. The lowest BCUT2D eigenvalue weighted by atomic mass is 10.1. The van der Waals surface area contributed by atoms with E-state index in [0.717, 1.165) is 64.5 Å². The summed E-state index contributed by atoms with van der Waals surface area (Å²) in [5.74, 6) is -0.789. The lowest BCUT2D eigenvalue weighted by Crippen LogP contribution is -2.34. The van der Waals surface area contributed by atoms with Crippen molar-refractivity contribution in [3.05, 3.63) is 0 Å². The van der Waals surface area contributed by atoms with Gasteiger partial charge in [0.2, 0.25) is 11.8 Å². The molecule has 0 spiro atoms. The number of nitrogens with one attached hydrogen (secondary N) is 1. The van der Waals surface area contributed by atoms with Gasteiger partial charge in [-0.15, -0.1) is 0 Å². The van der Waals surface area contributed by atoms with E-state index in [-0.39, 0.29) is 24.2 Å². The van der Waals surface area contributed by atoms with Crippen molar-refractivity contribution in [1.82, 2.24) is 15.1 Å². The van der Waals surface area contributed by atoms with Crippen LogP contribution in [0.1, 0.15) is 70.6 Å². The van der Waals surface area contributed by atoms with Crippen LogP contribution < -0.4 is 5.32 Å². The molecule has 1 aliphatic rings. The minimum absolute atomic E-state index is 0.0156. The fourth-order valence-electron chi connectivity index (χ4n) is 3.56. The molecule has 7 nitrogen and oxygen atoms in total. The predicted octanol–water partition coefficient (Wildman–Crippen LogP) is 2.50. The van der Waals surface area contributed by atoms with Crippen LogP contribution in [0.15, 0.2) is 0 Å². The van der Waals surface area contributed by atoms with Gasteiger partial charge in [0.05, 0.1) is 5.92 Å². The van der Waals surface area contributed by atoms with Crippen molar-refractivity contribution in [1.29, 1.82) is 0 Å². The van der Waals surface area contributed by atoms with Gasteiger partial charge in [-0.05, 0) is 39.9 Å². The lowest BCUT2D eigenvalue weighted by molar-refractivity contribution is -0.137. The van der Waals surface area contributed by atoms with Gasteiger partial charge < -0.3 is 20.2 Å². The van der Waals surface area contributed by atoms with Gasteiger partial charge in [0.15, 0.2) is 0 Å². The first kappa shape index (κ1) is 24.4. The highest BCUT2D eigenvalue weighted by Gasteiger charge is 2.33. The molecule has 1 atom stereocenters. The van der Waals surface area contributed by atoms with Gasteiger partial charge in [0.25, 0.3) is 0 Å². The zero-order valence-electron chi connectivity index (χ0n) is 17.8. The van der Waals surface area contributed by atoms with Crippen molar-refractivity contribution < 1.29 is 19.5 Å². The van der Waals surface area contributed by atoms with E-state index in [1.54, 1.807) is 0 Å². The van der Waals surface area contributed by atoms with E-state index in [1.807, 2.05) is 19.0 Å². The molecule has 0 bridgehead atoms. The zero-order valence-corrected chi connectivity index (χ0v) is 17.8. The fourth-order valence-corrected chi connectivity index (χ4v) is 3.56. The van der Waals surface area contributed by atoms with Crippen LogP contribution in [0.5, 0.6) is 0 Å². The molecule has 1 rings (SSSR count). The molecular weight excluding hydrogens is 358 g/mol. The molecule has 0 radical (unpaired) electrons. The van der Waals surface area contributed by atoms with Crippen LogP contribution in [0.3, 0.4) is 0 Å². The van der Waals surface area contributed by atoms with Crippen LogP contribution in [-0.4, -0.2) is 73.0 Å². The first-order valence-corrected chi connectivity index (χ1v) is 10.8. The van der Waals surface area contributed by atoms with Crippen molar-refractivity contribution in [3.63, 3.8) is 0 Å². The number of aliphatic carboxylic acids is 1. The average Bonchev–Trinajstić information content (AvgIpc) is 3.00. The first-order chi connectivity index (χ1) is 13.4. The second-order valence-electron chi connectivity index (χ2n) is 8.16. The minimum Gasteiger partial charge on any atom is -0.481 e. The summed E-state index contributed by atoms with van der Waals surface area (Å²) in [5, 5.41) is 11.6. The number of amides is 2. The highest BCUT2D eigenvalue weighted by molar-refractivity contribution is 5.89. The minimum atomic E-state index is -0.707. The quantitative estimate of drug-likeness (QED) is 0.391. The van der Waals surface area contributed by atoms with E-state index in [0.29, 0.717) is 19.5 Å². The number of hydrogen-bond acceptors (Lipinski definition) is 4. The maximum absolute atomic E-state index is 12.3. The van der Waals surface area contributed by atoms with Crippen molar-refractivity contribution >= 4 is 17.8 Å². The molecule has 28 heavy (non-hydrogen) atoms. The van der Waals surface area contributed by atoms with Crippen LogP contribution in [0.4, 0.5) is 0 Å². The van der Waals surface area contributed by atoms with Gasteiger partial charge in [-0.25, -0.2) is 0 Å². The summed E-state index contributed by atoms with van der Waals surface area (Å²) in [6.07, 6.45) is 9.96. The zero-order chi connectivity index (χ0) is 20.8. The monoisotopic (exact) mass is 397 g/mol. The van der Waals surface area contributed by atoms with E-state index in [1.165, 1.54) is 6.42 Å². The molecule has 2 N–H and O–H groups in total. The second kappa shape index (κ2) is 14.4. The maximum Gasteiger partial charge on any atom is 0.303 e. The van der Waals surface area contributed by atoms with Gasteiger partial charge >= 0.3 is 5.97 Å². The largest absolute Gasteiger partial charge is 0.481 e. The molecule has 0 aliphatic carbocycles. The number of rotatable bonds is 16. The van der Waals surface area contributed by atoms with E-state index in [9.17, 15) is 14.4 Å². The molecule has 1 saturated heterocycles. The van der Waals surface area contributed by atoms with Gasteiger partial charge in [-0.3, -0.25) is 14.4 Å². The molecule has 7 heteroatoms. The highest BCUT2D eigenvalue weighted by Crippen LogP contribution is 2.18. The summed E-state index contributed by atoms with van der Waals surface area (Å²) < 4.78 is 0. The van der Waals surface area contributed by atoms with Gasteiger partial charge in [0.1, 0.15) is 0 Å². The Morgan fingerprint density at radius 3 is 2.25 bits per heavy atom. The number of carboxylic acid groups (broad SMARTS) is 1. The van der Waals surface area contributed by atoms with Crippen LogP contribution in [0.2, 0.25) is 0 Å². The molecule has 162 valence electrons. The topological polar surface area (TPSA) is 89.9 Å². The third kappa shape index (κ3) is 11.3. The number of carbonyl (C=O) groups excluding carboxylic acids is 2. The molecule has 0 aromatic heterocycles. The molecule has 1 heterocycles. The molecule has 0 saturated carbocycles. The summed E-state index contributed by atoms with van der Waals surface area (Å²) in [7, 11) is 4.04. The third-order valence-corrected chi connectivity index (χ3v) is 5.24. The van der Waals surface area contributed by atoms with E-state index < -0.39 is 5.97 Å². The predicted molar refractivity (Wildman–Crippen MR) is 110 cm³/mol. The van der Waals surface area contributed by atoms with Crippen LogP contribution in [0.25, 0.3) is 0 Å². The molecule has 1 unspecified atom stereocenters. The number of unbranched alkanes of at least 4 members (excludes halogenated alkanes) is 7. The van der Waals surface area contributed by atoms with Crippen molar-refractivity contribution in [3.8, 4) is 0 Å². The average molecular weight is 398 g/mol. The molecule has 1 aliphatic heterocycles. The van der Waals surface area contributed by atoms with Crippen LogP contribution >= 0.6 is 0 Å². The Morgan fingerprint density at radius 1 is 1.04 bits per heavy atom. The number of nitrogens with zero attached hydrogens (tertiary/aromatic N) is 2. The Bertz CT molecular complexity index is 482. The molecule has 1 fully saturated rings. The van der Waals surface area contributed by atoms with E-state index in [4.69, 9.17) is 5.11 Å². The summed E-state index contributed by atoms with van der Waals surface area (Å²) in [4.78, 5) is 38.6. The molecule has 2 amide bonds. The fraction of sp³-hybridized carbons (Fsp3) is 0.857. The van der Waals surface area contributed by atoms with Gasteiger partial charge in [0, 0.05) is 32.5 Å².